The largest absolute Gasteiger partial charge is 0.313 e. The first-order valence-electron chi connectivity index (χ1n) is 6.32. The Labute approximate surface area is 102 Å². The van der Waals surface area contributed by atoms with Crippen LogP contribution in [0, 0.1) is 5.92 Å². The van der Waals surface area contributed by atoms with Crippen LogP contribution in [0.2, 0.25) is 5.02 Å². The Balaban J connectivity index is 1.57. The zero-order chi connectivity index (χ0) is 11.0. The molecule has 1 nitrogen and oxygen atoms in total. The topological polar surface area (TPSA) is 12.0 Å². The van der Waals surface area contributed by atoms with Crippen LogP contribution in [-0.2, 0) is 12.8 Å². The minimum absolute atomic E-state index is 0.647. The van der Waals surface area contributed by atoms with Gasteiger partial charge in [0.05, 0.1) is 0 Å². The smallest absolute Gasteiger partial charge is 0.0408 e. The summed E-state index contributed by atoms with van der Waals surface area (Å²) in [6.07, 6.45) is 6.63. The maximum absolute atomic E-state index is 6.01. The SMILES string of the molecule is Clc1ccc2c(c1)CC(NCC1CCC1)C2. The molecule has 0 aliphatic heterocycles. The minimum atomic E-state index is 0.647. The van der Waals surface area contributed by atoms with Crippen LogP contribution >= 0.6 is 11.6 Å². The first-order valence-corrected chi connectivity index (χ1v) is 6.70. The highest BCUT2D eigenvalue weighted by molar-refractivity contribution is 6.30. The van der Waals surface area contributed by atoms with Crippen LogP contribution in [0.25, 0.3) is 0 Å². The van der Waals surface area contributed by atoms with Gasteiger partial charge in [0.25, 0.3) is 0 Å². The van der Waals surface area contributed by atoms with Gasteiger partial charge in [-0.1, -0.05) is 24.1 Å². The third-order valence-corrected chi connectivity index (χ3v) is 4.26. The molecule has 0 aromatic heterocycles. The van der Waals surface area contributed by atoms with E-state index in [0.717, 1.165) is 17.4 Å². The summed E-state index contributed by atoms with van der Waals surface area (Å²) in [5, 5.41) is 4.58. The fourth-order valence-electron chi connectivity index (χ4n) is 2.76. The number of fused-ring (bicyclic) bond motifs is 1. The van der Waals surface area contributed by atoms with Crippen LogP contribution < -0.4 is 5.32 Å². The third kappa shape index (κ3) is 2.11. The van der Waals surface area contributed by atoms with Gasteiger partial charge in [-0.3, -0.25) is 0 Å². The maximum atomic E-state index is 6.01. The van der Waals surface area contributed by atoms with Crippen molar-refractivity contribution in [1.82, 2.24) is 5.32 Å². The monoisotopic (exact) mass is 235 g/mol. The average molecular weight is 236 g/mol. The van der Waals surface area contributed by atoms with E-state index in [1.54, 1.807) is 0 Å². The molecule has 0 bridgehead atoms. The summed E-state index contributed by atoms with van der Waals surface area (Å²) in [5.41, 5.74) is 2.93. The maximum Gasteiger partial charge on any atom is 0.0408 e. The van der Waals surface area contributed by atoms with Gasteiger partial charge in [-0.15, -0.1) is 0 Å². The predicted molar refractivity (Wildman–Crippen MR) is 68.0 cm³/mol. The van der Waals surface area contributed by atoms with Crippen molar-refractivity contribution in [2.45, 2.75) is 38.1 Å². The highest BCUT2D eigenvalue weighted by atomic mass is 35.5. The molecule has 2 aliphatic carbocycles. The average Bonchev–Trinajstić information content (AvgIpc) is 2.57. The number of halogens is 1. The molecule has 1 N–H and O–H groups in total. The Bertz CT molecular complexity index is 384. The number of benzene rings is 1. The molecular weight excluding hydrogens is 218 g/mol. The Morgan fingerprint density at radius 2 is 2.00 bits per heavy atom. The molecule has 16 heavy (non-hydrogen) atoms. The van der Waals surface area contributed by atoms with Gasteiger partial charge >= 0.3 is 0 Å². The molecular formula is C14H18ClN. The van der Waals surface area contributed by atoms with Gasteiger partial charge in [-0.2, -0.15) is 0 Å². The Kier molecular flexibility index (Phi) is 2.91. The van der Waals surface area contributed by atoms with Gasteiger partial charge in [0.2, 0.25) is 0 Å². The lowest BCUT2D eigenvalue weighted by Crippen LogP contribution is -2.35. The summed E-state index contributed by atoms with van der Waals surface area (Å²) in [4.78, 5) is 0. The predicted octanol–water partition coefficient (Wildman–Crippen LogP) is 3.20. The van der Waals surface area contributed by atoms with Crippen LogP contribution in [0.1, 0.15) is 30.4 Å². The number of hydrogen-bond donors (Lipinski definition) is 1. The summed E-state index contributed by atoms with van der Waals surface area (Å²) in [5.74, 6) is 0.951. The molecule has 3 rings (SSSR count). The molecule has 1 atom stereocenters. The van der Waals surface area contributed by atoms with Crippen LogP contribution in [0.3, 0.4) is 0 Å². The molecule has 1 saturated carbocycles. The molecule has 1 unspecified atom stereocenters. The molecule has 0 saturated heterocycles. The second-order valence-corrected chi connectivity index (χ2v) is 5.66. The van der Waals surface area contributed by atoms with E-state index in [0.29, 0.717) is 6.04 Å². The van der Waals surface area contributed by atoms with Crippen molar-refractivity contribution in [3.8, 4) is 0 Å². The van der Waals surface area contributed by atoms with E-state index in [1.807, 2.05) is 6.07 Å². The van der Waals surface area contributed by atoms with Crippen LogP contribution in [0.15, 0.2) is 18.2 Å². The number of hydrogen-bond acceptors (Lipinski definition) is 1. The number of rotatable bonds is 3. The Hall–Kier alpha value is -0.530. The molecule has 0 radical (unpaired) electrons. The van der Waals surface area contributed by atoms with Crippen molar-refractivity contribution < 1.29 is 0 Å². The van der Waals surface area contributed by atoms with E-state index in [9.17, 15) is 0 Å². The van der Waals surface area contributed by atoms with Gasteiger partial charge in [0, 0.05) is 11.1 Å². The Morgan fingerprint density at radius 3 is 2.75 bits per heavy atom. The fourth-order valence-corrected chi connectivity index (χ4v) is 2.96. The molecule has 0 amide bonds. The molecule has 2 aliphatic rings. The van der Waals surface area contributed by atoms with Gasteiger partial charge in [0.15, 0.2) is 0 Å². The normalized spacial score (nSPS) is 24.2. The lowest BCUT2D eigenvalue weighted by Gasteiger charge is -2.27. The summed E-state index contributed by atoms with van der Waals surface area (Å²) in [6.45, 7) is 1.21. The van der Waals surface area contributed by atoms with E-state index in [1.165, 1.54) is 43.4 Å². The van der Waals surface area contributed by atoms with E-state index in [-0.39, 0.29) is 0 Å². The van der Waals surface area contributed by atoms with E-state index in [4.69, 9.17) is 11.6 Å². The van der Waals surface area contributed by atoms with Crippen molar-refractivity contribution in [1.29, 1.82) is 0 Å². The summed E-state index contributed by atoms with van der Waals surface area (Å²) in [6, 6.07) is 6.97. The zero-order valence-electron chi connectivity index (χ0n) is 9.51. The van der Waals surface area contributed by atoms with Gasteiger partial charge in [-0.05, 0) is 61.4 Å². The van der Waals surface area contributed by atoms with Gasteiger partial charge in [-0.25, -0.2) is 0 Å². The second-order valence-electron chi connectivity index (χ2n) is 5.22. The summed E-state index contributed by atoms with van der Waals surface area (Å²) in [7, 11) is 0. The zero-order valence-corrected chi connectivity index (χ0v) is 10.3. The number of nitrogens with one attached hydrogen (secondary N) is 1. The standard InChI is InChI=1S/C14H18ClN/c15-13-5-4-11-7-14(8-12(11)6-13)16-9-10-2-1-3-10/h4-6,10,14,16H,1-3,7-9H2. The second kappa shape index (κ2) is 4.38. The molecule has 2 heteroatoms. The summed E-state index contributed by atoms with van der Waals surface area (Å²) < 4.78 is 0. The molecule has 0 spiro atoms. The van der Waals surface area contributed by atoms with Crippen molar-refractivity contribution in [2.75, 3.05) is 6.54 Å². The molecule has 86 valence electrons. The summed E-state index contributed by atoms with van der Waals surface area (Å²) >= 11 is 6.01. The minimum Gasteiger partial charge on any atom is -0.313 e. The Morgan fingerprint density at radius 1 is 1.19 bits per heavy atom. The van der Waals surface area contributed by atoms with Crippen molar-refractivity contribution >= 4 is 11.6 Å². The van der Waals surface area contributed by atoms with Crippen LogP contribution in [-0.4, -0.2) is 12.6 Å². The molecule has 1 fully saturated rings. The van der Waals surface area contributed by atoms with E-state index < -0.39 is 0 Å². The molecule has 0 heterocycles. The lowest BCUT2D eigenvalue weighted by molar-refractivity contribution is 0.290. The fraction of sp³-hybridized carbons (Fsp3) is 0.571. The first kappa shape index (κ1) is 10.6. The first-order chi connectivity index (χ1) is 7.81. The quantitative estimate of drug-likeness (QED) is 0.849. The van der Waals surface area contributed by atoms with E-state index >= 15 is 0 Å². The lowest BCUT2D eigenvalue weighted by atomic mass is 9.85. The van der Waals surface area contributed by atoms with Gasteiger partial charge in [0.1, 0.15) is 0 Å². The van der Waals surface area contributed by atoms with Crippen LogP contribution in [0.5, 0.6) is 0 Å². The van der Waals surface area contributed by atoms with Gasteiger partial charge < -0.3 is 5.32 Å². The van der Waals surface area contributed by atoms with Crippen molar-refractivity contribution in [2.24, 2.45) is 5.92 Å². The van der Waals surface area contributed by atoms with E-state index in [2.05, 4.69) is 17.4 Å². The van der Waals surface area contributed by atoms with Crippen LogP contribution in [0.4, 0.5) is 0 Å². The molecule has 1 aromatic rings. The molecule has 1 aromatic carbocycles. The van der Waals surface area contributed by atoms with Crippen molar-refractivity contribution in [3.05, 3.63) is 34.3 Å². The third-order valence-electron chi connectivity index (χ3n) is 4.02. The highest BCUT2D eigenvalue weighted by Gasteiger charge is 2.23. The van der Waals surface area contributed by atoms with Crippen molar-refractivity contribution in [3.63, 3.8) is 0 Å². The highest BCUT2D eigenvalue weighted by Crippen LogP contribution is 2.28.